The van der Waals surface area contributed by atoms with E-state index in [2.05, 4.69) is 29.6 Å². The van der Waals surface area contributed by atoms with Crippen molar-refractivity contribution in [3.05, 3.63) is 35.4 Å². The van der Waals surface area contributed by atoms with Crippen molar-refractivity contribution in [2.75, 3.05) is 13.1 Å². The molecule has 2 rings (SSSR count). The molecule has 1 atom stereocenters. The molecule has 98 valence electrons. The van der Waals surface area contributed by atoms with Gasteiger partial charge in [0.1, 0.15) is 0 Å². The molecule has 18 heavy (non-hydrogen) atoms. The van der Waals surface area contributed by atoms with Crippen molar-refractivity contribution in [2.24, 2.45) is 0 Å². The third kappa shape index (κ3) is 2.66. The van der Waals surface area contributed by atoms with Crippen molar-refractivity contribution in [3.8, 4) is 0 Å². The van der Waals surface area contributed by atoms with Gasteiger partial charge in [0, 0.05) is 13.1 Å². The van der Waals surface area contributed by atoms with Crippen molar-refractivity contribution in [1.29, 1.82) is 0 Å². The van der Waals surface area contributed by atoms with E-state index < -0.39 is 0 Å². The molecule has 1 aliphatic rings. The average molecular weight is 246 g/mol. The molecule has 0 saturated carbocycles. The van der Waals surface area contributed by atoms with Gasteiger partial charge in [0.25, 0.3) is 0 Å². The largest absolute Gasteiger partial charge is 0.331 e. The van der Waals surface area contributed by atoms with Crippen LogP contribution in [0.1, 0.15) is 43.9 Å². The lowest BCUT2D eigenvalue weighted by molar-refractivity contribution is 0.197. The standard InChI is InChI=1S/C15H22N2O/c1-3-17(4-2)15(18)16-14-11-7-9-12-8-5-6-10-13(12)14/h5-6,8,10,14H,3-4,7,9,11H2,1-2H3,(H,16,18). The molecule has 1 unspecified atom stereocenters. The van der Waals surface area contributed by atoms with E-state index in [0.717, 1.165) is 32.4 Å². The van der Waals surface area contributed by atoms with Crippen LogP contribution in [0.2, 0.25) is 0 Å². The molecule has 1 aromatic rings. The normalized spacial score (nSPS) is 18.0. The Labute approximate surface area is 109 Å². The molecular formula is C15H22N2O. The number of amides is 2. The number of carbonyl (C=O) groups excluding carboxylic acids is 1. The number of aryl methyl sites for hydroxylation is 1. The number of carbonyl (C=O) groups is 1. The number of hydrogen-bond acceptors (Lipinski definition) is 1. The van der Waals surface area contributed by atoms with Gasteiger partial charge in [-0.15, -0.1) is 0 Å². The first-order valence-electron chi connectivity index (χ1n) is 6.89. The van der Waals surface area contributed by atoms with Gasteiger partial charge in [-0.1, -0.05) is 24.3 Å². The minimum atomic E-state index is 0.0571. The van der Waals surface area contributed by atoms with Gasteiger partial charge in [0.05, 0.1) is 6.04 Å². The van der Waals surface area contributed by atoms with Crippen LogP contribution in [0.5, 0.6) is 0 Å². The van der Waals surface area contributed by atoms with E-state index in [4.69, 9.17) is 0 Å². The van der Waals surface area contributed by atoms with E-state index in [9.17, 15) is 4.79 Å². The molecule has 0 saturated heterocycles. The first kappa shape index (κ1) is 12.9. The van der Waals surface area contributed by atoms with Crippen LogP contribution in [0, 0.1) is 0 Å². The molecule has 3 nitrogen and oxygen atoms in total. The maximum Gasteiger partial charge on any atom is 0.317 e. The maximum absolute atomic E-state index is 12.1. The van der Waals surface area contributed by atoms with E-state index in [1.54, 1.807) is 0 Å². The summed E-state index contributed by atoms with van der Waals surface area (Å²) in [7, 11) is 0. The Morgan fingerprint density at radius 3 is 2.78 bits per heavy atom. The fourth-order valence-corrected chi connectivity index (χ4v) is 2.66. The minimum Gasteiger partial charge on any atom is -0.331 e. The highest BCUT2D eigenvalue weighted by Gasteiger charge is 2.22. The van der Waals surface area contributed by atoms with Crippen LogP contribution in [0.3, 0.4) is 0 Å². The molecule has 0 radical (unpaired) electrons. The van der Waals surface area contributed by atoms with Crippen LogP contribution in [0.25, 0.3) is 0 Å². The van der Waals surface area contributed by atoms with Gasteiger partial charge < -0.3 is 10.2 Å². The molecule has 1 aliphatic carbocycles. The van der Waals surface area contributed by atoms with Crippen LogP contribution < -0.4 is 5.32 Å². The number of fused-ring (bicyclic) bond motifs is 1. The summed E-state index contributed by atoms with van der Waals surface area (Å²) >= 11 is 0. The number of benzene rings is 1. The second-order valence-electron chi connectivity index (χ2n) is 4.77. The van der Waals surface area contributed by atoms with Crippen LogP contribution in [-0.4, -0.2) is 24.0 Å². The molecule has 1 aromatic carbocycles. The predicted molar refractivity (Wildman–Crippen MR) is 73.6 cm³/mol. The number of nitrogens with one attached hydrogen (secondary N) is 1. The summed E-state index contributed by atoms with van der Waals surface area (Å²) in [6, 6.07) is 8.69. The highest BCUT2D eigenvalue weighted by molar-refractivity contribution is 5.74. The van der Waals surface area contributed by atoms with Crippen LogP contribution in [0.15, 0.2) is 24.3 Å². The van der Waals surface area contributed by atoms with E-state index in [1.165, 1.54) is 11.1 Å². The second kappa shape index (κ2) is 5.89. The Hall–Kier alpha value is -1.51. The van der Waals surface area contributed by atoms with Crippen LogP contribution in [-0.2, 0) is 6.42 Å². The van der Waals surface area contributed by atoms with Gasteiger partial charge in [-0.2, -0.15) is 0 Å². The Bertz CT molecular complexity index is 413. The lowest BCUT2D eigenvalue weighted by Gasteiger charge is -2.29. The molecule has 2 amide bonds. The summed E-state index contributed by atoms with van der Waals surface area (Å²) in [6.07, 6.45) is 3.33. The van der Waals surface area contributed by atoms with Gasteiger partial charge in [-0.3, -0.25) is 0 Å². The topological polar surface area (TPSA) is 32.3 Å². The van der Waals surface area contributed by atoms with Gasteiger partial charge in [-0.05, 0) is 44.2 Å². The summed E-state index contributed by atoms with van der Waals surface area (Å²) in [4.78, 5) is 13.9. The lowest BCUT2D eigenvalue weighted by atomic mass is 9.88. The van der Waals surface area contributed by atoms with Crippen molar-refractivity contribution in [2.45, 2.75) is 39.2 Å². The van der Waals surface area contributed by atoms with Gasteiger partial charge in [0.15, 0.2) is 0 Å². The number of rotatable bonds is 3. The monoisotopic (exact) mass is 246 g/mol. The molecule has 0 bridgehead atoms. The Morgan fingerprint density at radius 2 is 2.06 bits per heavy atom. The quantitative estimate of drug-likeness (QED) is 0.873. The van der Waals surface area contributed by atoms with Crippen molar-refractivity contribution in [3.63, 3.8) is 0 Å². The zero-order valence-corrected chi connectivity index (χ0v) is 11.3. The van der Waals surface area contributed by atoms with Crippen LogP contribution in [0.4, 0.5) is 4.79 Å². The van der Waals surface area contributed by atoms with Gasteiger partial charge in [-0.25, -0.2) is 4.79 Å². The first-order chi connectivity index (χ1) is 8.76. The molecule has 0 aromatic heterocycles. The van der Waals surface area contributed by atoms with E-state index in [1.807, 2.05) is 18.7 Å². The van der Waals surface area contributed by atoms with E-state index in [0.29, 0.717) is 0 Å². The number of hydrogen-bond donors (Lipinski definition) is 1. The molecule has 0 fully saturated rings. The van der Waals surface area contributed by atoms with Crippen molar-refractivity contribution >= 4 is 6.03 Å². The SMILES string of the molecule is CCN(CC)C(=O)NC1CCCc2ccccc21. The Kier molecular flexibility index (Phi) is 4.24. The van der Waals surface area contributed by atoms with Crippen LogP contribution >= 0.6 is 0 Å². The number of nitrogens with zero attached hydrogens (tertiary/aromatic N) is 1. The summed E-state index contributed by atoms with van der Waals surface area (Å²) in [5, 5.41) is 3.16. The number of urea groups is 1. The fraction of sp³-hybridized carbons (Fsp3) is 0.533. The van der Waals surface area contributed by atoms with Gasteiger partial charge in [0.2, 0.25) is 0 Å². The third-order valence-electron chi connectivity index (χ3n) is 3.72. The molecule has 0 spiro atoms. The summed E-state index contributed by atoms with van der Waals surface area (Å²) in [5.41, 5.74) is 2.68. The summed E-state index contributed by atoms with van der Waals surface area (Å²) < 4.78 is 0. The highest BCUT2D eigenvalue weighted by Crippen LogP contribution is 2.29. The smallest absolute Gasteiger partial charge is 0.317 e. The predicted octanol–water partition coefficient (Wildman–Crippen LogP) is 3.12. The zero-order valence-electron chi connectivity index (χ0n) is 11.3. The average Bonchev–Trinajstić information content (AvgIpc) is 2.40. The zero-order chi connectivity index (χ0) is 13.0. The third-order valence-corrected chi connectivity index (χ3v) is 3.72. The highest BCUT2D eigenvalue weighted by atomic mass is 16.2. The lowest BCUT2D eigenvalue weighted by Crippen LogP contribution is -2.42. The first-order valence-corrected chi connectivity index (χ1v) is 6.89. The molecule has 0 aliphatic heterocycles. The van der Waals surface area contributed by atoms with Gasteiger partial charge >= 0.3 is 6.03 Å². The molecule has 0 heterocycles. The van der Waals surface area contributed by atoms with E-state index >= 15 is 0 Å². The Morgan fingerprint density at radius 1 is 1.33 bits per heavy atom. The summed E-state index contributed by atoms with van der Waals surface area (Å²) in [6.45, 7) is 5.54. The van der Waals surface area contributed by atoms with Crippen molar-refractivity contribution in [1.82, 2.24) is 10.2 Å². The fourth-order valence-electron chi connectivity index (χ4n) is 2.66. The molecular weight excluding hydrogens is 224 g/mol. The minimum absolute atomic E-state index is 0.0571. The van der Waals surface area contributed by atoms with Crippen molar-refractivity contribution < 1.29 is 4.79 Å². The Balaban J connectivity index is 2.09. The summed E-state index contributed by atoms with van der Waals surface area (Å²) in [5.74, 6) is 0. The molecule has 3 heteroatoms. The van der Waals surface area contributed by atoms with E-state index in [-0.39, 0.29) is 12.1 Å². The molecule has 1 N–H and O–H groups in total. The second-order valence-corrected chi connectivity index (χ2v) is 4.77. The maximum atomic E-state index is 12.1.